The normalized spacial score (nSPS) is 11.6. The van der Waals surface area contributed by atoms with Crippen molar-refractivity contribution in [1.29, 1.82) is 0 Å². The predicted octanol–water partition coefficient (Wildman–Crippen LogP) is 11.4. The molecule has 7 aromatic carbocycles. The van der Waals surface area contributed by atoms with Gasteiger partial charge in [0.1, 0.15) is 0 Å². The Labute approximate surface area is 294 Å². The first kappa shape index (κ1) is 29.1. The minimum absolute atomic E-state index is 0.575. The average Bonchev–Trinajstić information content (AvgIpc) is 3.71. The minimum atomic E-state index is 0.575. The largest absolute Gasteiger partial charge is 0.307 e. The Morgan fingerprint density at radius 1 is 0.373 bits per heavy atom. The molecule has 0 radical (unpaired) electrons. The van der Waals surface area contributed by atoms with E-state index in [0.717, 1.165) is 55.2 Å². The topological polar surface area (TPSA) is 48.5 Å². The van der Waals surface area contributed by atoms with E-state index in [0.29, 0.717) is 17.6 Å². The van der Waals surface area contributed by atoms with Crippen molar-refractivity contribution < 1.29 is 0 Å². The van der Waals surface area contributed by atoms with Crippen LogP contribution in [-0.2, 0) is 0 Å². The lowest BCUT2D eigenvalue weighted by molar-refractivity contribution is 0.953. The smallest absolute Gasteiger partial charge is 0.238 e. The fourth-order valence-corrected chi connectivity index (χ4v) is 7.47. The maximum atomic E-state index is 5.28. The van der Waals surface area contributed by atoms with Crippen LogP contribution in [0.15, 0.2) is 170 Å². The van der Waals surface area contributed by atoms with Gasteiger partial charge in [0.25, 0.3) is 0 Å². The first-order valence-corrected chi connectivity index (χ1v) is 17.2. The molecule has 0 saturated carbocycles. The van der Waals surface area contributed by atoms with E-state index in [1.807, 2.05) is 24.3 Å². The van der Waals surface area contributed by atoms with Crippen LogP contribution < -0.4 is 0 Å². The number of rotatable bonds is 5. The fraction of sp³-hybridized carbons (Fsp3) is 0.0217. The number of aromatic nitrogens is 5. The standard InChI is InChI=1S/C46H31N5/c1-30-21-28-41-39(29-30)38-27-26-37-36-19-11-12-20-40(36)51(43(37)42(38)50(41)35-17-9-4-10-18-35)46-48-44(33-15-7-3-8-16-33)47-45(49-46)34-24-22-32(23-25-34)31-13-5-2-6-14-31/h2-29H,1H3. The SMILES string of the molecule is Cc1ccc2c(c1)c1ccc3c4ccccc4n(-c4nc(-c5ccccc5)nc(-c5ccc(-c6ccccc6)cc5)n4)c3c1n2-c1ccccc1. The Bertz CT molecular complexity index is 2890. The molecule has 5 nitrogen and oxygen atoms in total. The maximum absolute atomic E-state index is 5.28. The second kappa shape index (κ2) is 11.6. The van der Waals surface area contributed by atoms with Gasteiger partial charge in [-0.1, -0.05) is 145 Å². The molecule has 0 aliphatic heterocycles. The zero-order valence-electron chi connectivity index (χ0n) is 27.9. The Morgan fingerprint density at radius 3 is 1.59 bits per heavy atom. The summed E-state index contributed by atoms with van der Waals surface area (Å²) < 4.78 is 4.64. The van der Waals surface area contributed by atoms with E-state index in [-0.39, 0.29) is 0 Å². The van der Waals surface area contributed by atoms with Crippen LogP contribution in [0.1, 0.15) is 5.56 Å². The first-order chi connectivity index (χ1) is 25.2. The van der Waals surface area contributed by atoms with Crippen LogP contribution in [-0.4, -0.2) is 24.1 Å². The van der Waals surface area contributed by atoms with Crippen LogP contribution in [0, 0.1) is 6.92 Å². The number of para-hydroxylation sites is 2. The van der Waals surface area contributed by atoms with Gasteiger partial charge in [-0.2, -0.15) is 9.97 Å². The van der Waals surface area contributed by atoms with Crippen LogP contribution in [0.2, 0.25) is 0 Å². The molecule has 3 aromatic heterocycles. The van der Waals surface area contributed by atoms with Crippen molar-refractivity contribution in [2.45, 2.75) is 6.92 Å². The summed E-state index contributed by atoms with van der Waals surface area (Å²) in [5.74, 6) is 1.82. The van der Waals surface area contributed by atoms with E-state index in [9.17, 15) is 0 Å². The highest BCUT2D eigenvalue weighted by Gasteiger charge is 2.23. The van der Waals surface area contributed by atoms with Crippen molar-refractivity contribution in [3.63, 3.8) is 0 Å². The molecular formula is C46H31N5. The van der Waals surface area contributed by atoms with Gasteiger partial charge in [0.05, 0.1) is 22.1 Å². The molecule has 0 saturated heterocycles. The minimum Gasteiger partial charge on any atom is -0.307 e. The number of hydrogen-bond donors (Lipinski definition) is 0. The lowest BCUT2D eigenvalue weighted by Gasteiger charge is -2.13. The summed E-state index contributed by atoms with van der Waals surface area (Å²) in [5, 5.41) is 4.69. The quantitative estimate of drug-likeness (QED) is 0.186. The van der Waals surface area contributed by atoms with Crippen molar-refractivity contribution in [2.75, 3.05) is 0 Å². The summed E-state index contributed by atoms with van der Waals surface area (Å²) in [6.45, 7) is 2.16. The third kappa shape index (κ3) is 4.74. The highest BCUT2D eigenvalue weighted by atomic mass is 15.2. The number of fused-ring (bicyclic) bond motifs is 7. The third-order valence-electron chi connectivity index (χ3n) is 9.84. The molecular weight excluding hydrogens is 623 g/mol. The van der Waals surface area contributed by atoms with Crippen molar-refractivity contribution in [3.05, 3.63) is 175 Å². The van der Waals surface area contributed by atoms with E-state index in [1.54, 1.807) is 0 Å². The second-order valence-corrected chi connectivity index (χ2v) is 13.0. The molecule has 0 fully saturated rings. The Balaban J connectivity index is 1.31. The second-order valence-electron chi connectivity index (χ2n) is 13.0. The van der Waals surface area contributed by atoms with Crippen molar-refractivity contribution in [1.82, 2.24) is 24.1 Å². The number of hydrogen-bond acceptors (Lipinski definition) is 3. The molecule has 5 heteroatoms. The van der Waals surface area contributed by atoms with Crippen LogP contribution >= 0.6 is 0 Å². The molecule has 0 atom stereocenters. The summed E-state index contributed by atoms with van der Waals surface area (Å²) in [5.41, 5.74) is 10.9. The lowest BCUT2D eigenvalue weighted by Crippen LogP contribution is -2.07. The highest BCUT2D eigenvalue weighted by molar-refractivity contribution is 6.23. The fourth-order valence-electron chi connectivity index (χ4n) is 7.47. The first-order valence-electron chi connectivity index (χ1n) is 17.2. The molecule has 0 unspecified atom stereocenters. The predicted molar refractivity (Wildman–Crippen MR) is 210 cm³/mol. The van der Waals surface area contributed by atoms with E-state index in [4.69, 9.17) is 15.0 Å². The molecule has 0 aliphatic rings. The number of aryl methyl sites for hydroxylation is 1. The zero-order chi connectivity index (χ0) is 33.9. The molecule has 0 amide bonds. The van der Waals surface area contributed by atoms with Crippen LogP contribution in [0.5, 0.6) is 0 Å². The Morgan fingerprint density at radius 2 is 0.882 bits per heavy atom. The Hall–Kier alpha value is -6.85. The van der Waals surface area contributed by atoms with Gasteiger partial charge >= 0.3 is 0 Å². The third-order valence-corrected chi connectivity index (χ3v) is 9.84. The van der Waals surface area contributed by atoms with Gasteiger partial charge in [0, 0.05) is 38.4 Å². The van der Waals surface area contributed by atoms with Gasteiger partial charge in [-0.15, -0.1) is 0 Å². The van der Waals surface area contributed by atoms with Gasteiger partial charge < -0.3 is 4.57 Å². The summed E-state index contributed by atoms with van der Waals surface area (Å²) in [6, 6.07) is 59.6. The van der Waals surface area contributed by atoms with Gasteiger partial charge in [-0.05, 0) is 48.4 Å². The molecule has 51 heavy (non-hydrogen) atoms. The molecule has 0 aliphatic carbocycles. The number of benzene rings is 7. The van der Waals surface area contributed by atoms with E-state index < -0.39 is 0 Å². The molecule has 0 N–H and O–H groups in total. The highest BCUT2D eigenvalue weighted by Crippen LogP contribution is 2.41. The summed E-state index contributed by atoms with van der Waals surface area (Å²) >= 11 is 0. The molecule has 240 valence electrons. The summed E-state index contributed by atoms with van der Waals surface area (Å²) in [4.78, 5) is 15.6. The van der Waals surface area contributed by atoms with Crippen LogP contribution in [0.4, 0.5) is 0 Å². The van der Waals surface area contributed by atoms with E-state index in [2.05, 4.69) is 162 Å². The van der Waals surface area contributed by atoms with Crippen LogP contribution in [0.25, 0.3) is 89.2 Å². The lowest BCUT2D eigenvalue weighted by atomic mass is 10.0. The average molecular weight is 654 g/mol. The molecule has 3 heterocycles. The van der Waals surface area contributed by atoms with Gasteiger partial charge in [0.15, 0.2) is 11.6 Å². The van der Waals surface area contributed by atoms with E-state index in [1.165, 1.54) is 21.9 Å². The van der Waals surface area contributed by atoms with E-state index >= 15 is 0 Å². The molecule has 0 bridgehead atoms. The van der Waals surface area contributed by atoms with Crippen molar-refractivity contribution in [2.24, 2.45) is 0 Å². The van der Waals surface area contributed by atoms with Gasteiger partial charge in [-0.3, -0.25) is 4.57 Å². The van der Waals surface area contributed by atoms with Crippen LogP contribution in [0.3, 0.4) is 0 Å². The molecule has 10 aromatic rings. The van der Waals surface area contributed by atoms with Crippen molar-refractivity contribution >= 4 is 43.6 Å². The van der Waals surface area contributed by atoms with Gasteiger partial charge in [0.2, 0.25) is 5.95 Å². The zero-order valence-corrected chi connectivity index (χ0v) is 27.9. The Kier molecular flexibility index (Phi) is 6.64. The monoisotopic (exact) mass is 653 g/mol. The van der Waals surface area contributed by atoms with Gasteiger partial charge in [-0.25, -0.2) is 4.98 Å². The molecule has 0 spiro atoms. The van der Waals surface area contributed by atoms with Crippen molar-refractivity contribution in [3.8, 4) is 45.5 Å². The summed E-state index contributed by atoms with van der Waals surface area (Å²) in [7, 11) is 0. The summed E-state index contributed by atoms with van der Waals surface area (Å²) in [6.07, 6.45) is 0. The molecule has 10 rings (SSSR count). The number of nitrogens with zero attached hydrogens (tertiary/aromatic N) is 5. The maximum Gasteiger partial charge on any atom is 0.238 e.